The van der Waals surface area contributed by atoms with E-state index in [0.29, 0.717) is 47.4 Å². The molecule has 2 aromatic rings. The molecular weight excluding hydrogens is 394 g/mol. The van der Waals surface area contributed by atoms with Gasteiger partial charge in [0.15, 0.2) is 0 Å². The maximum atomic E-state index is 12.7. The van der Waals surface area contributed by atoms with Crippen LogP contribution in [0.15, 0.2) is 36.5 Å². The van der Waals surface area contributed by atoms with Crippen molar-refractivity contribution >= 4 is 23.4 Å². The summed E-state index contributed by atoms with van der Waals surface area (Å²) in [5.74, 6) is 1.02. The first-order chi connectivity index (χ1) is 14.0. The van der Waals surface area contributed by atoms with E-state index in [0.717, 1.165) is 12.8 Å². The molecule has 29 heavy (non-hydrogen) atoms. The van der Waals surface area contributed by atoms with Crippen LogP contribution < -0.4 is 14.8 Å². The number of ether oxygens (including phenoxy) is 2. The number of nitrogens with zero attached hydrogens (tertiary/aromatic N) is 2. The second-order valence-electron chi connectivity index (χ2n) is 6.94. The monoisotopic (exact) mass is 417 g/mol. The second kappa shape index (κ2) is 9.60. The summed E-state index contributed by atoms with van der Waals surface area (Å²) in [6, 6.07) is 8.29. The average molecular weight is 418 g/mol. The Hall–Kier alpha value is -2.80. The number of likely N-dealkylation sites (tertiary alicyclic amines) is 1. The summed E-state index contributed by atoms with van der Waals surface area (Å²) in [7, 11) is 3.08. The van der Waals surface area contributed by atoms with Gasteiger partial charge in [-0.1, -0.05) is 11.6 Å². The van der Waals surface area contributed by atoms with E-state index in [4.69, 9.17) is 21.1 Å². The highest BCUT2D eigenvalue weighted by atomic mass is 35.5. The third-order valence-corrected chi connectivity index (χ3v) is 5.15. The number of carbonyl (C=O) groups excluding carboxylic acids is 2. The van der Waals surface area contributed by atoms with Gasteiger partial charge in [0.25, 0.3) is 11.8 Å². The zero-order chi connectivity index (χ0) is 20.8. The summed E-state index contributed by atoms with van der Waals surface area (Å²) >= 11 is 5.90. The number of methoxy groups -OCH3 is 2. The molecule has 2 heterocycles. The molecule has 1 atom stereocenters. The average Bonchev–Trinajstić information content (AvgIpc) is 2.76. The lowest BCUT2D eigenvalue weighted by Gasteiger charge is -2.33. The lowest BCUT2D eigenvalue weighted by atomic mass is 9.97. The fourth-order valence-electron chi connectivity index (χ4n) is 3.41. The second-order valence-corrected chi connectivity index (χ2v) is 7.33. The minimum Gasteiger partial charge on any atom is -0.497 e. The number of piperidine rings is 1. The molecule has 1 N–H and O–H groups in total. The Morgan fingerprint density at radius 2 is 1.90 bits per heavy atom. The largest absolute Gasteiger partial charge is 0.497 e. The molecule has 0 aliphatic carbocycles. The van der Waals surface area contributed by atoms with Crippen LogP contribution in [0.1, 0.15) is 33.6 Å². The summed E-state index contributed by atoms with van der Waals surface area (Å²) in [6.45, 7) is 1.76. The zero-order valence-electron chi connectivity index (χ0n) is 16.5. The van der Waals surface area contributed by atoms with Crippen molar-refractivity contribution in [2.75, 3.05) is 33.9 Å². The van der Waals surface area contributed by atoms with Gasteiger partial charge in [0, 0.05) is 43.0 Å². The highest BCUT2D eigenvalue weighted by Crippen LogP contribution is 2.23. The minimum absolute atomic E-state index is 0.0668. The Labute approximate surface area is 175 Å². The Bertz CT molecular complexity index is 868. The van der Waals surface area contributed by atoms with Crippen molar-refractivity contribution in [3.8, 4) is 11.5 Å². The third-order valence-electron chi connectivity index (χ3n) is 4.94. The first-order valence-corrected chi connectivity index (χ1v) is 9.80. The molecule has 2 amide bonds. The number of carbonyl (C=O) groups is 2. The quantitative estimate of drug-likeness (QED) is 0.730. The number of pyridine rings is 1. The van der Waals surface area contributed by atoms with Crippen molar-refractivity contribution in [2.24, 2.45) is 5.92 Å². The van der Waals surface area contributed by atoms with Gasteiger partial charge in [0.05, 0.1) is 14.2 Å². The van der Waals surface area contributed by atoms with E-state index in [1.165, 1.54) is 6.20 Å². The molecule has 0 saturated carbocycles. The summed E-state index contributed by atoms with van der Waals surface area (Å²) in [6.07, 6.45) is 3.36. The van der Waals surface area contributed by atoms with E-state index < -0.39 is 0 Å². The third kappa shape index (κ3) is 5.38. The van der Waals surface area contributed by atoms with E-state index in [1.54, 1.807) is 49.5 Å². The zero-order valence-corrected chi connectivity index (χ0v) is 17.2. The Kier molecular flexibility index (Phi) is 6.93. The van der Waals surface area contributed by atoms with Gasteiger partial charge < -0.3 is 19.7 Å². The summed E-state index contributed by atoms with van der Waals surface area (Å²) < 4.78 is 10.4. The fraction of sp³-hybridized carbons (Fsp3) is 0.381. The number of halogens is 1. The van der Waals surface area contributed by atoms with Crippen LogP contribution in [-0.2, 0) is 0 Å². The molecule has 1 aliphatic rings. The van der Waals surface area contributed by atoms with Gasteiger partial charge in [-0.3, -0.25) is 9.59 Å². The first kappa shape index (κ1) is 20.9. The van der Waals surface area contributed by atoms with Crippen LogP contribution >= 0.6 is 11.6 Å². The Balaban J connectivity index is 1.59. The van der Waals surface area contributed by atoms with Crippen LogP contribution in [0.4, 0.5) is 0 Å². The number of rotatable bonds is 6. The number of benzene rings is 1. The lowest BCUT2D eigenvalue weighted by molar-refractivity contribution is 0.0670. The van der Waals surface area contributed by atoms with Gasteiger partial charge in [0.2, 0.25) is 0 Å². The maximum absolute atomic E-state index is 12.7. The molecule has 8 heteroatoms. The molecule has 154 valence electrons. The molecule has 1 saturated heterocycles. The van der Waals surface area contributed by atoms with Crippen molar-refractivity contribution in [1.82, 2.24) is 15.2 Å². The molecule has 3 rings (SSSR count). The summed E-state index contributed by atoms with van der Waals surface area (Å²) in [5, 5.41) is 3.26. The van der Waals surface area contributed by atoms with Crippen LogP contribution in [-0.4, -0.2) is 55.6 Å². The smallest absolute Gasteiger partial charge is 0.254 e. The molecule has 1 aromatic carbocycles. The molecule has 0 radical (unpaired) electrons. The summed E-state index contributed by atoms with van der Waals surface area (Å²) in [5.41, 5.74) is 0.995. The van der Waals surface area contributed by atoms with E-state index in [2.05, 4.69) is 10.3 Å². The van der Waals surface area contributed by atoms with Crippen LogP contribution in [0.2, 0.25) is 5.15 Å². The van der Waals surface area contributed by atoms with Crippen LogP contribution in [0.25, 0.3) is 0 Å². The number of amides is 2. The van der Waals surface area contributed by atoms with Crippen molar-refractivity contribution in [3.05, 3.63) is 52.8 Å². The summed E-state index contributed by atoms with van der Waals surface area (Å²) in [4.78, 5) is 31.0. The van der Waals surface area contributed by atoms with E-state index >= 15 is 0 Å². The molecule has 0 spiro atoms. The fourth-order valence-corrected chi connectivity index (χ4v) is 3.59. The van der Waals surface area contributed by atoms with Gasteiger partial charge in [-0.25, -0.2) is 4.98 Å². The van der Waals surface area contributed by atoms with Crippen molar-refractivity contribution in [2.45, 2.75) is 12.8 Å². The predicted molar refractivity (Wildman–Crippen MR) is 110 cm³/mol. The number of nitrogens with one attached hydrogen (secondary N) is 1. The Morgan fingerprint density at radius 3 is 2.55 bits per heavy atom. The first-order valence-electron chi connectivity index (χ1n) is 9.42. The van der Waals surface area contributed by atoms with E-state index in [-0.39, 0.29) is 17.7 Å². The lowest BCUT2D eigenvalue weighted by Crippen LogP contribution is -2.43. The van der Waals surface area contributed by atoms with Crippen LogP contribution in [0, 0.1) is 5.92 Å². The molecule has 0 unspecified atom stereocenters. The van der Waals surface area contributed by atoms with Crippen molar-refractivity contribution in [1.29, 1.82) is 0 Å². The molecule has 1 fully saturated rings. The molecular formula is C21H24ClN3O4. The van der Waals surface area contributed by atoms with Gasteiger partial charge in [-0.15, -0.1) is 0 Å². The van der Waals surface area contributed by atoms with Crippen molar-refractivity contribution < 1.29 is 19.1 Å². The maximum Gasteiger partial charge on any atom is 0.254 e. The number of hydrogen-bond donors (Lipinski definition) is 1. The normalized spacial score (nSPS) is 16.2. The molecule has 7 nitrogen and oxygen atoms in total. The Morgan fingerprint density at radius 1 is 1.17 bits per heavy atom. The minimum atomic E-state index is -0.202. The molecule has 1 aliphatic heterocycles. The highest BCUT2D eigenvalue weighted by Gasteiger charge is 2.25. The van der Waals surface area contributed by atoms with E-state index in [9.17, 15) is 9.59 Å². The van der Waals surface area contributed by atoms with Crippen molar-refractivity contribution in [3.63, 3.8) is 0 Å². The highest BCUT2D eigenvalue weighted by molar-refractivity contribution is 6.29. The van der Waals surface area contributed by atoms with E-state index in [1.807, 2.05) is 0 Å². The van der Waals surface area contributed by atoms with Gasteiger partial charge in [0.1, 0.15) is 16.7 Å². The van der Waals surface area contributed by atoms with Gasteiger partial charge in [-0.05, 0) is 43.0 Å². The van der Waals surface area contributed by atoms with Crippen LogP contribution in [0.3, 0.4) is 0 Å². The standard InChI is InChI=1S/C21H24ClN3O4/c1-28-17-8-16(9-18(11-17)29-2)20(26)24-12-14-4-3-7-25(13-14)21(27)15-5-6-23-19(22)10-15/h5-6,8-11,14H,3-4,7,12-13H2,1-2H3,(H,24,26)/t14-/m1/s1. The number of aromatic nitrogens is 1. The molecule has 0 bridgehead atoms. The number of hydrogen-bond acceptors (Lipinski definition) is 5. The van der Waals surface area contributed by atoms with Gasteiger partial charge >= 0.3 is 0 Å². The SMILES string of the molecule is COc1cc(OC)cc(C(=O)NC[C@H]2CCCN(C(=O)c3ccnc(Cl)c3)C2)c1. The molecule has 1 aromatic heterocycles. The van der Waals surface area contributed by atoms with Gasteiger partial charge in [-0.2, -0.15) is 0 Å². The topological polar surface area (TPSA) is 80.8 Å². The van der Waals surface area contributed by atoms with Crippen LogP contribution in [0.5, 0.6) is 11.5 Å². The predicted octanol–water partition coefficient (Wildman–Crippen LogP) is 3.03.